The van der Waals surface area contributed by atoms with E-state index in [4.69, 9.17) is 0 Å². The fourth-order valence-corrected chi connectivity index (χ4v) is 2.27. The van der Waals surface area contributed by atoms with E-state index in [1.807, 2.05) is 44.4 Å². The van der Waals surface area contributed by atoms with E-state index in [1.165, 1.54) is 0 Å². The Bertz CT molecular complexity index is 598. The van der Waals surface area contributed by atoms with Gasteiger partial charge in [0, 0.05) is 4.90 Å². The third-order valence-electron chi connectivity index (χ3n) is 2.70. The lowest BCUT2D eigenvalue weighted by atomic mass is 10.3. The van der Waals surface area contributed by atoms with Gasteiger partial charge in [-0.1, -0.05) is 12.1 Å². The number of hydrogen-bond acceptors (Lipinski definition) is 4. The number of hydrogen-bond donors (Lipinski definition) is 3. The van der Waals surface area contributed by atoms with E-state index < -0.39 is 0 Å². The molecule has 0 unspecified atom stereocenters. The number of carbonyl (C=O) groups is 1. The monoisotopic (exact) mass is 291 g/mol. The van der Waals surface area contributed by atoms with Crippen molar-refractivity contribution in [3.05, 3.63) is 35.9 Å². The van der Waals surface area contributed by atoms with Gasteiger partial charge < -0.3 is 10.6 Å². The topological polar surface area (TPSA) is 82.7 Å². The van der Waals surface area contributed by atoms with Gasteiger partial charge in [-0.2, -0.15) is 5.10 Å². The molecule has 1 aromatic carbocycles. The minimum atomic E-state index is -0.276. The third-order valence-corrected chi connectivity index (χ3v) is 3.50. The molecule has 1 atom stereocenters. The number of amides is 2. The lowest BCUT2D eigenvalue weighted by Gasteiger charge is -2.13. The molecule has 20 heavy (non-hydrogen) atoms. The van der Waals surface area contributed by atoms with Gasteiger partial charge in [-0.25, -0.2) is 9.78 Å². The molecule has 0 saturated carbocycles. The van der Waals surface area contributed by atoms with Crippen LogP contribution in [0.1, 0.15) is 24.6 Å². The van der Waals surface area contributed by atoms with Crippen LogP contribution < -0.4 is 10.6 Å². The molecule has 0 aliphatic rings. The number of para-hydroxylation sites is 1. The first-order valence-corrected chi connectivity index (χ1v) is 7.42. The number of anilines is 1. The molecule has 3 N–H and O–H groups in total. The summed E-state index contributed by atoms with van der Waals surface area (Å²) in [5.74, 6) is 1.29. The highest BCUT2D eigenvalue weighted by Crippen LogP contribution is 2.24. The van der Waals surface area contributed by atoms with E-state index in [0.717, 1.165) is 16.4 Å². The highest BCUT2D eigenvalue weighted by molar-refractivity contribution is 7.98. The second-order valence-electron chi connectivity index (χ2n) is 4.30. The van der Waals surface area contributed by atoms with E-state index in [9.17, 15) is 4.79 Å². The third kappa shape index (κ3) is 3.51. The summed E-state index contributed by atoms with van der Waals surface area (Å²) >= 11 is 1.58. The summed E-state index contributed by atoms with van der Waals surface area (Å²) in [7, 11) is 0. The Morgan fingerprint density at radius 2 is 2.15 bits per heavy atom. The summed E-state index contributed by atoms with van der Waals surface area (Å²) < 4.78 is 0. The van der Waals surface area contributed by atoms with Crippen LogP contribution in [0.4, 0.5) is 10.5 Å². The number of carbonyl (C=O) groups excluding carboxylic acids is 1. The summed E-state index contributed by atoms with van der Waals surface area (Å²) in [6.45, 7) is 3.65. The van der Waals surface area contributed by atoms with Crippen molar-refractivity contribution in [3.63, 3.8) is 0 Å². The van der Waals surface area contributed by atoms with Crippen LogP contribution in [0.2, 0.25) is 0 Å². The van der Waals surface area contributed by atoms with Gasteiger partial charge in [-0.15, -0.1) is 11.8 Å². The predicted molar refractivity (Wildman–Crippen MR) is 79.9 cm³/mol. The largest absolute Gasteiger partial charge is 0.328 e. The van der Waals surface area contributed by atoms with Crippen molar-refractivity contribution in [3.8, 4) is 0 Å². The number of rotatable bonds is 4. The Labute approximate surface area is 121 Å². The van der Waals surface area contributed by atoms with Gasteiger partial charge in [0.25, 0.3) is 0 Å². The Hall–Kier alpha value is -2.02. The number of aryl methyl sites for hydroxylation is 1. The number of nitrogens with zero attached hydrogens (tertiary/aromatic N) is 2. The lowest BCUT2D eigenvalue weighted by molar-refractivity contribution is 0.249. The molecule has 0 bridgehead atoms. The number of urea groups is 1. The maximum absolute atomic E-state index is 12.0. The van der Waals surface area contributed by atoms with Crippen LogP contribution in [0.15, 0.2) is 29.2 Å². The zero-order chi connectivity index (χ0) is 14.5. The highest BCUT2D eigenvalue weighted by Gasteiger charge is 2.14. The molecule has 0 saturated heterocycles. The SMILES string of the molecule is CSc1ccccc1NC(=O)N[C@H](C)c1n[nH]c(C)n1. The van der Waals surface area contributed by atoms with Crippen LogP contribution in [0, 0.1) is 6.92 Å². The van der Waals surface area contributed by atoms with E-state index in [2.05, 4.69) is 25.8 Å². The first-order valence-electron chi connectivity index (χ1n) is 6.19. The van der Waals surface area contributed by atoms with Crippen molar-refractivity contribution in [2.24, 2.45) is 0 Å². The molecule has 0 radical (unpaired) electrons. The van der Waals surface area contributed by atoms with Gasteiger partial charge in [0.2, 0.25) is 0 Å². The quantitative estimate of drug-likeness (QED) is 0.756. The maximum Gasteiger partial charge on any atom is 0.319 e. The average molecular weight is 291 g/mol. The van der Waals surface area contributed by atoms with Crippen LogP contribution >= 0.6 is 11.8 Å². The first kappa shape index (κ1) is 14.4. The van der Waals surface area contributed by atoms with Gasteiger partial charge in [0.05, 0.1) is 11.7 Å². The number of benzene rings is 1. The van der Waals surface area contributed by atoms with Crippen molar-refractivity contribution in [2.45, 2.75) is 24.8 Å². The van der Waals surface area contributed by atoms with E-state index in [0.29, 0.717) is 5.82 Å². The molecule has 2 aromatic rings. The minimum absolute atomic E-state index is 0.263. The van der Waals surface area contributed by atoms with E-state index in [-0.39, 0.29) is 12.1 Å². The lowest BCUT2D eigenvalue weighted by Crippen LogP contribution is -2.31. The average Bonchev–Trinajstić information content (AvgIpc) is 2.86. The highest BCUT2D eigenvalue weighted by atomic mass is 32.2. The summed E-state index contributed by atoms with van der Waals surface area (Å²) in [5.41, 5.74) is 0.788. The van der Waals surface area contributed by atoms with Crippen molar-refractivity contribution in [1.29, 1.82) is 0 Å². The second kappa shape index (κ2) is 6.42. The normalized spacial score (nSPS) is 11.9. The molecule has 6 nitrogen and oxygen atoms in total. The molecule has 0 spiro atoms. The number of H-pyrrole nitrogens is 1. The summed E-state index contributed by atoms with van der Waals surface area (Å²) in [4.78, 5) is 17.2. The molecule has 7 heteroatoms. The predicted octanol–water partition coefficient (Wildman–Crippen LogP) is 2.72. The molecule has 0 aliphatic carbocycles. The molecule has 2 rings (SSSR count). The summed E-state index contributed by atoms with van der Waals surface area (Å²) in [6.07, 6.45) is 1.97. The number of aromatic nitrogens is 3. The molecule has 1 aromatic heterocycles. The van der Waals surface area contributed by atoms with Gasteiger partial charge in [0.1, 0.15) is 5.82 Å². The van der Waals surface area contributed by atoms with Gasteiger partial charge >= 0.3 is 6.03 Å². The maximum atomic E-state index is 12.0. The van der Waals surface area contributed by atoms with E-state index in [1.54, 1.807) is 11.8 Å². The van der Waals surface area contributed by atoms with Crippen molar-refractivity contribution < 1.29 is 4.79 Å². The second-order valence-corrected chi connectivity index (χ2v) is 5.15. The van der Waals surface area contributed by atoms with Crippen LogP contribution in [-0.4, -0.2) is 27.5 Å². The van der Waals surface area contributed by atoms with Crippen LogP contribution in [-0.2, 0) is 0 Å². The Balaban J connectivity index is 1.98. The van der Waals surface area contributed by atoms with Crippen molar-refractivity contribution in [1.82, 2.24) is 20.5 Å². The van der Waals surface area contributed by atoms with Gasteiger partial charge in [0.15, 0.2) is 5.82 Å². The Kier molecular flexibility index (Phi) is 4.62. The van der Waals surface area contributed by atoms with Crippen LogP contribution in [0.25, 0.3) is 0 Å². The molecule has 2 amide bonds. The van der Waals surface area contributed by atoms with Crippen LogP contribution in [0.3, 0.4) is 0 Å². The van der Waals surface area contributed by atoms with Gasteiger partial charge in [-0.3, -0.25) is 5.10 Å². The molecular formula is C13H17N5OS. The fourth-order valence-electron chi connectivity index (χ4n) is 1.72. The fraction of sp³-hybridized carbons (Fsp3) is 0.308. The Morgan fingerprint density at radius 1 is 1.40 bits per heavy atom. The van der Waals surface area contributed by atoms with Crippen LogP contribution in [0.5, 0.6) is 0 Å². The minimum Gasteiger partial charge on any atom is -0.328 e. The molecule has 1 heterocycles. The molecule has 0 fully saturated rings. The van der Waals surface area contributed by atoms with E-state index >= 15 is 0 Å². The number of thioether (sulfide) groups is 1. The van der Waals surface area contributed by atoms with Crippen molar-refractivity contribution >= 4 is 23.5 Å². The zero-order valence-electron chi connectivity index (χ0n) is 11.6. The number of aromatic amines is 1. The standard InChI is InChI=1S/C13H17N5OS/c1-8(12-15-9(2)17-18-12)14-13(19)16-10-6-4-5-7-11(10)20-3/h4-8H,1-3H3,(H2,14,16,19)(H,15,17,18)/t8-/m1/s1. The summed E-state index contributed by atoms with van der Waals surface area (Å²) in [5, 5.41) is 12.4. The molecule has 0 aliphatic heterocycles. The van der Waals surface area contributed by atoms with Gasteiger partial charge in [-0.05, 0) is 32.2 Å². The van der Waals surface area contributed by atoms with Crippen molar-refractivity contribution in [2.75, 3.05) is 11.6 Å². The number of nitrogens with one attached hydrogen (secondary N) is 3. The first-order chi connectivity index (χ1) is 9.60. The Morgan fingerprint density at radius 3 is 2.80 bits per heavy atom. The molecule has 106 valence electrons. The molecular weight excluding hydrogens is 274 g/mol. The smallest absolute Gasteiger partial charge is 0.319 e. The zero-order valence-corrected chi connectivity index (χ0v) is 12.4. The summed E-state index contributed by atoms with van der Waals surface area (Å²) in [6, 6.07) is 7.11.